The maximum Gasteiger partial charge on any atom is 0.325 e. The van der Waals surface area contributed by atoms with Gasteiger partial charge in [-0.2, -0.15) is 5.10 Å². The quantitative estimate of drug-likeness (QED) is 0.622. The molecule has 5 nitrogen and oxygen atoms in total. The Balaban J connectivity index is 2.60. The lowest BCUT2D eigenvalue weighted by Crippen LogP contribution is -2.41. The van der Waals surface area contributed by atoms with Crippen LogP contribution in [-0.2, 0) is 16.1 Å². The smallest absolute Gasteiger partial charge is 0.325 e. The summed E-state index contributed by atoms with van der Waals surface area (Å²) in [5.41, 5.74) is 0. The zero-order valence-electron chi connectivity index (χ0n) is 9.44. The molecule has 0 saturated carbocycles. The fraction of sp³-hybridized carbons (Fsp3) is 0.600. The number of likely N-dealkylation sites (N-methyl/N-ethyl adjacent to an activating group) is 1. The van der Waals surface area contributed by atoms with E-state index in [2.05, 4.69) is 33.0 Å². The number of ether oxygens (including phenoxy) is 1. The van der Waals surface area contributed by atoms with E-state index >= 15 is 0 Å². The fourth-order valence-electron chi connectivity index (χ4n) is 1.34. The molecule has 0 aromatic carbocycles. The molecule has 1 unspecified atom stereocenters. The fourth-order valence-corrected chi connectivity index (χ4v) is 1.78. The predicted octanol–water partition coefficient (Wildman–Crippen LogP) is 1.03. The van der Waals surface area contributed by atoms with Gasteiger partial charge in [-0.15, -0.1) is 0 Å². The summed E-state index contributed by atoms with van der Waals surface area (Å²) < 4.78 is 7.79. The van der Waals surface area contributed by atoms with Crippen molar-refractivity contribution in [3.8, 4) is 0 Å². The number of carbonyl (C=O) groups excluding carboxylic acids is 1. The summed E-state index contributed by atoms with van der Waals surface area (Å²) in [7, 11) is 0. The lowest BCUT2D eigenvalue weighted by Gasteiger charge is -2.15. The van der Waals surface area contributed by atoms with Crippen molar-refractivity contribution in [1.29, 1.82) is 0 Å². The largest absolute Gasteiger partial charge is 0.465 e. The standard InChI is InChI=1S/C10H16IN3O2/c1-3-12-9(10(15)16-4-2)7-14-6-8(11)5-13-14/h5-6,9,12H,3-4,7H2,1-2H3. The Labute approximate surface area is 109 Å². The molecule has 6 heteroatoms. The Morgan fingerprint density at radius 1 is 1.69 bits per heavy atom. The van der Waals surface area contributed by atoms with Crippen molar-refractivity contribution < 1.29 is 9.53 Å². The molecule has 1 atom stereocenters. The Morgan fingerprint density at radius 2 is 2.44 bits per heavy atom. The minimum Gasteiger partial charge on any atom is -0.465 e. The topological polar surface area (TPSA) is 56.2 Å². The molecule has 1 rings (SSSR count). The van der Waals surface area contributed by atoms with E-state index in [9.17, 15) is 4.79 Å². The lowest BCUT2D eigenvalue weighted by molar-refractivity contribution is -0.146. The van der Waals surface area contributed by atoms with Crippen LogP contribution in [0.4, 0.5) is 0 Å². The number of nitrogens with one attached hydrogen (secondary N) is 1. The van der Waals surface area contributed by atoms with Gasteiger partial charge < -0.3 is 10.1 Å². The van der Waals surface area contributed by atoms with E-state index in [1.807, 2.05) is 13.1 Å². The minimum absolute atomic E-state index is 0.227. The van der Waals surface area contributed by atoms with Gasteiger partial charge in [-0.25, -0.2) is 0 Å². The number of halogens is 1. The third kappa shape index (κ3) is 4.09. The molecule has 16 heavy (non-hydrogen) atoms. The highest BCUT2D eigenvalue weighted by atomic mass is 127. The highest BCUT2D eigenvalue weighted by molar-refractivity contribution is 14.1. The van der Waals surface area contributed by atoms with E-state index in [0.717, 1.165) is 10.1 Å². The van der Waals surface area contributed by atoms with Crippen LogP contribution >= 0.6 is 22.6 Å². The first-order chi connectivity index (χ1) is 7.67. The highest BCUT2D eigenvalue weighted by Gasteiger charge is 2.19. The Kier molecular flexibility index (Phi) is 5.75. The second-order valence-electron chi connectivity index (χ2n) is 3.24. The van der Waals surface area contributed by atoms with Crippen LogP contribution in [0.15, 0.2) is 12.4 Å². The van der Waals surface area contributed by atoms with Crippen molar-refractivity contribution in [3.63, 3.8) is 0 Å². The average molecular weight is 337 g/mol. The van der Waals surface area contributed by atoms with Gasteiger partial charge >= 0.3 is 5.97 Å². The molecule has 1 heterocycles. The lowest BCUT2D eigenvalue weighted by atomic mass is 10.3. The Morgan fingerprint density at radius 3 is 2.94 bits per heavy atom. The molecular weight excluding hydrogens is 321 g/mol. The van der Waals surface area contributed by atoms with Crippen LogP contribution in [0.5, 0.6) is 0 Å². The highest BCUT2D eigenvalue weighted by Crippen LogP contribution is 2.02. The van der Waals surface area contributed by atoms with Crippen LogP contribution in [0.25, 0.3) is 0 Å². The van der Waals surface area contributed by atoms with Gasteiger partial charge in [0.2, 0.25) is 0 Å². The number of carbonyl (C=O) groups is 1. The minimum atomic E-state index is -0.333. The van der Waals surface area contributed by atoms with Crippen molar-refractivity contribution in [2.75, 3.05) is 13.2 Å². The maximum absolute atomic E-state index is 11.6. The molecule has 1 aromatic rings. The molecule has 90 valence electrons. The summed E-state index contributed by atoms with van der Waals surface area (Å²) >= 11 is 2.18. The van der Waals surface area contributed by atoms with Crippen LogP contribution in [0, 0.1) is 3.57 Å². The number of hydrogen-bond acceptors (Lipinski definition) is 4. The molecule has 0 aliphatic heterocycles. The normalized spacial score (nSPS) is 12.4. The third-order valence-electron chi connectivity index (χ3n) is 1.99. The van der Waals surface area contributed by atoms with Crippen LogP contribution in [0.2, 0.25) is 0 Å². The Hall–Kier alpha value is -0.630. The van der Waals surface area contributed by atoms with Crippen molar-refractivity contribution in [1.82, 2.24) is 15.1 Å². The van der Waals surface area contributed by atoms with Gasteiger partial charge in [-0.1, -0.05) is 6.92 Å². The zero-order chi connectivity index (χ0) is 12.0. The van der Waals surface area contributed by atoms with Gasteiger partial charge in [0.15, 0.2) is 0 Å². The van der Waals surface area contributed by atoms with E-state index in [0.29, 0.717) is 13.2 Å². The van der Waals surface area contributed by atoms with Gasteiger partial charge in [-0.3, -0.25) is 9.48 Å². The Bertz CT molecular complexity index is 341. The summed E-state index contributed by atoms with van der Waals surface area (Å²) in [5, 5.41) is 7.23. The zero-order valence-corrected chi connectivity index (χ0v) is 11.6. The van der Waals surface area contributed by atoms with Crippen LogP contribution in [-0.4, -0.2) is 34.9 Å². The summed E-state index contributed by atoms with van der Waals surface area (Å²) in [6, 6.07) is -0.333. The number of hydrogen-bond donors (Lipinski definition) is 1. The number of nitrogens with zero attached hydrogens (tertiary/aromatic N) is 2. The summed E-state index contributed by atoms with van der Waals surface area (Å²) in [6.07, 6.45) is 3.65. The predicted molar refractivity (Wildman–Crippen MR) is 69.0 cm³/mol. The average Bonchev–Trinajstić information content (AvgIpc) is 2.64. The maximum atomic E-state index is 11.6. The molecule has 0 aliphatic rings. The molecule has 0 bridgehead atoms. The molecular formula is C10H16IN3O2. The van der Waals surface area contributed by atoms with E-state index in [1.165, 1.54) is 0 Å². The van der Waals surface area contributed by atoms with Crippen molar-refractivity contribution in [2.45, 2.75) is 26.4 Å². The van der Waals surface area contributed by atoms with E-state index in [1.54, 1.807) is 17.8 Å². The summed E-state index contributed by atoms with van der Waals surface area (Å²) in [4.78, 5) is 11.6. The van der Waals surface area contributed by atoms with Crippen molar-refractivity contribution in [2.24, 2.45) is 0 Å². The first-order valence-corrected chi connectivity index (χ1v) is 6.33. The van der Waals surface area contributed by atoms with Crippen LogP contribution in [0.3, 0.4) is 0 Å². The number of aromatic nitrogens is 2. The van der Waals surface area contributed by atoms with E-state index < -0.39 is 0 Å². The number of esters is 1. The molecule has 1 N–H and O–H groups in total. The van der Waals surface area contributed by atoms with Crippen LogP contribution < -0.4 is 5.32 Å². The van der Waals surface area contributed by atoms with Crippen LogP contribution in [0.1, 0.15) is 13.8 Å². The first kappa shape index (κ1) is 13.4. The monoisotopic (exact) mass is 337 g/mol. The summed E-state index contributed by atoms with van der Waals surface area (Å²) in [5.74, 6) is -0.227. The third-order valence-corrected chi connectivity index (χ3v) is 2.55. The SMILES string of the molecule is CCNC(Cn1cc(I)cn1)C(=O)OCC. The second kappa shape index (κ2) is 6.85. The second-order valence-corrected chi connectivity index (χ2v) is 4.49. The van der Waals surface area contributed by atoms with Gasteiger partial charge in [0.05, 0.1) is 22.9 Å². The molecule has 1 aromatic heterocycles. The van der Waals surface area contributed by atoms with Gasteiger partial charge in [-0.05, 0) is 36.1 Å². The molecule has 0 fully saturated rings. The van der Waals surface area contributed by atoms with Gasteiger partial charge in [0.1, 0.15) is 6.04 Å². The molecule has 0 amide bonds. The summed E-state index contributed by atoms with van der Waals surface area (Å²) in [6.45, 7) is 5.38. The van der Waals surface area contributed by atoms with E-state index in [-0.39, 0.29) is 12.0 Å². The molecule has 0 aliphatic carbocycles. The molecule has 0 saturated heterocycles. The van der Waals surface area contributed by atoms with Crippen molar-refractivity contribution >= 4 is 28.6 Å². The molecule has 0 spiro atoms. The first-order valence-electron chi connectivity index (χ1n) is 5.25. The van der Waals surface area contributed by atoms with E-state index in [4.69, 9.17) is 4.74 Å². The van der Waals surface area contributed by atoms with Gasteiger partial charge in [0.25, 0.3) is 0 Å². The van der Waals surface area contributed by atoms with Gasteiger partial charge in [0, 0.05) is 6.20 Å². The molecule has 0 radical (unpaired) electrons. The van der Waals surface area contributed by atoms with Crippen molar-refractivity contribution in [3.05, 3.63) is 16.0 Å². The number of rotatable bonds is 6.